The topological polar surface area (TPSA) is 41.6 Å². The lowest BCUT2D eigenvalue weighted by atomic mass is 10.0. The first-order chi connectivity index (χ1) is 13.2. The molecular formula is C22H28Cl2N2O2. The van der Waals surface area contributed by atoms with Crippen molar-refractivity contribution in [3.8, 4) is 5.75 Å². The maximum atomic E-state index is 13.1. The summed E-state index contributed by atoms with van der Waals surface area (Å²) in [6.45, 7) is 5.30. The molecule has 4 nitrogen and oxygen atoms in total. The summed E-state index contributed by atoms with van der Waals surface area (Å²) in [6.07, 6.45) is 2.99. The number of nitrogens with one attached hydrogen (secondary N) is 1. The van der Waals surface area contributed by atoms with Crippen LogP contribution in [-0.2, 0) is 6.61 Å². The molecule has 0 radical (unpaired) electrons. The summed E-state index contributed by atoms with van der Waals surface area (Å²) in [4.78, 5) is 15.2. The van der Waals surface area contributed by atoms with E-state index in [0.717, 1.165) is 44.5 Å². The minimum Gasteiger partial charge on any atom is -0.489 e. The molecule has 6 heteroatoms. The van der Waals surface area contributed by atoms with Gasteiger partial charge >= 0.3 is 0 Å². The Morgan fingerprint density at radius 3 is 2.57 bits per heavy atom. The molecule has 1 fully saturated rings. The summed E-state index contributed by atoms with van der Waals surface area (Å²) in [5.74, 6) is 0.804. The van der Waals surface area contributed by atoms with Gasteiger partial charge in [-0.3, -0.25) is 4.79 Å². The van der Waals surface area contributed by atoms with Gasteiger partial charge in [-0.05, 0) is 68.2 Å². The lowest BCUT2D eigenvalue weighted by molar-refractivity contribution is 0.0642. The smallest absolute Gasteiger partial charge is 0.254 e. The van der Waals surface area contributed by atoms with E-state index in [1.807, 2.05) is 53.4 Å². The van der Waals surface area contributed by atoms with Crippen molar-refractivity contribution in [1.82, 2.24) is 10.2 Å². The summed E-state index contributed by atoms with van der Waals surface area (Å²) in [5, 5.41) is 4.08. The zero-order chi connectivity index (χ0) is 19.1. The molecule has 152 valence electrons. The van der Waals surface area contributed by atoms with Gasteiger partial charge in [0.2, 0.25) is 0 Å². The Bertz CT molecular complexity index is 746. The van der Waals surface area contributed by atoms with Gasteiger partial charge in [-0.1, -0.05) is 36.7 Å². The van der Waals surface area contributed by atoms with Crippen LogP contribution in [0.25, 0.3) is 0 Å². The number of hydrogen-bond donors (Lipinski definition) is 1. The van der Waals surface area contributed by atoms with Crippen molar-refractivity contribution in [2.75, 3.05) is 19.6 Å². The third kappa shape index (κ3) is 6.13. The zero-order valence-corrected chi connectivity index (χ0v) is 17.8. The number of nitrogens with zero attached hydrogens (tertiary/aromatic N) is 1. The molecule has 1 saturated heterocycles. The third-order valence-corrected chi connectivity index (χ3v) is 5.13. The first kappa shape index (κ1) is 22.5. The molecule has 0 atom stereocenters. The minimum absolute atomic E-state index is 0. The number of carbonyl (C=O) groups excluding carboxylic acids is 1. The van der Waals surface area contributed by atoms with Gasteiger partial charge in [0.05, 0.1) is 0 Å². The molecule has 1 aliphatic heterocycles. The molecule has 0 spiro atoms. The van der Waals surface area contributed by atoms with Gasteiger partial charge in [0.1, 0.15) is 12.4 Å². The van der Waals surface area contributed by atoms with Gasteiger partial charge in [-0.15, -0.1) is 12.4 Å². The van der Waals surface area contributed by atoms with Crippen molar-refractivity contribution < 1.29 is 9.53 Å². The van der Waals surface area contributed by atoms with Crippen LogP contribution in [0.3, 0.4) is 0 Å². The summed E-state index contributed by atoms with van der Waals surface area (Å²) in [6, 6.07) is 15.4. The molecular weight excluding hydrogens is 395 g/mol. The fourth-order valence-corrected chi connectivity index (χ4v) is 3.57. The summed E-state index contributed by atoms with van der Waals surface area (Å²) in [5.41, 5.74) is 1.73. The Labute approximate surface area is 178 Å². The molecule has 0 bridgehead atoms. The van der Waals surface area contributed by atoms with Crippen LogP contribution in [0.5, 0.6) is 5.75 Å². The maximum Gasteiger partial charge on any atom is 0.254 e. The molecule has 1 amide bonds. The Morgan fingerprint density at radius 2 is 1.89 bits per heavy atom. The van der Waals surface area contributed by atoms with Crippen LogP contribution in [0.1, 0.15) is 42.1 Å². The molecule has 1 aliphatic rings. The van der Waals surface area contributed by atoms with Gasteiger partial charge in [0.15, 0.2) is 0 Å². The van der Waals surface area contributed by atoms with Crippen LogP contribution in [0.2, 0.25) is 5.02 Å². The van der Waals surface area contributed by atoms with Gasteiger partial charge in [-0.25, -0.2) is 0 Å². The number of hydrogen-bond acceptors (Lipinski definition) is 3. The summed E-state index contributed by atoms with van der Waals surface area (Å²) < 4.78 is 5.88. The number of piperidine rings is 1. The number of benzene rings is 2. The number of carbonyl (C=O) groups is 1. The first-order valence-corrected chi connectivity index (χ1v) is 10.0. The fraction of sp³-hybridized carbons (Fsp3) is 0.409. The van der Waals surface area contributed by atoms with E-state index in [1.165, 1.54) is 0 Å². The second kappa shape index (κ2) is 11.3. The van der Waals surface area contributed by atoms with Crippen molar-refractivity contribution in [3.05, 3.63) is 64.7 Å². The Hall–Kier alpha value is -1.75. The Morgan fingerprint density at radius 1 is 1.18 bits per heavy atom. The number of amides is 1. The van der Waals surface area contributed by atoms with E-state index < -0.39 is 0 Å². The van der Waals surface area contributed by atoms with Crippen molar-refractivity contribution >= 4 is 29.9 Å². The second-order valence-corrected chi connectivity index (χ2v) is 7.36. The molecule has 0 unspecified atom stereocenters. The summed E-state index contributed by atoms with van der Waals surface area (Å²) in [7, 11) is 0. The largest absolute Gasteiger partial charge is 0.489 e. The normalized spacial score (nSPS) is 14.2. The average Bonchev–Trinajstić information content (AvgIpc) is 2.72. The van der Waals surface area contributed by atoms with Crippen molar-refractivity contribution in [3.63, 3.8) is 0 Å². The molecule has 3 rings (SSSR count). The number of halogens is 2. The molecule has 0 aliphatic carbocycles. The van der Waals surface area contributed by atoms with Crippen LogP contribution in [-0.4, -0.2) is 36.5 Å². The predicted molar refractivity (Wildman–Crippen MR) is 117 cm³/mol. The van der Waals surface area contributed by atoms with Crippen molar-refractivity contribution in [1.29, 1.82) is 0 Å². The number of rotatable bonds is 7. The highest BCUT2D eigenvalue weighted by Gasteiger charge is 2.25. The van der Waals surface area contributed by atoms with Gasteiger partial charge in [0.25, 0.3) is 5.91 Å². The van der Waals surface area contributed by atoms with Crippen LogP contribution < -0.4 is 10.1 Å². The van der Waals surface area contributed by atoms with Crippen LogP contribution in [0.4, 0.5) is 0 Å². The lowest BCUT2D eigenvalue weighted by Crippen LogP contribution is -2.46. The monoisotopic (exact) mass is 422 g/mol. The van der Waals surface area contributed by atoms with E-state index in [1.54, 1.807) is 0 Å². The highest BCUT2D eigenvalue weighted by molar-refractivity contribution is 6.30. The Balaban J connectivity index is 0.00000280. The van der Waals surface area contributed by atoms with E-state index in [9.17, 15) is 4.79 Å². The molecule has 2 aromatic rings. The molecule has 2 aromatic carbocycles. The molecule has 1 N–H and O–H groups in total. The average molecular weight is 423 g/mol. The van der Waals surface area contributed by atoms with E-state index in [2.05, 4.69) is 12.2 Å². The molecule has 28 heavy (non-hydrogen) atoms. The predicted octanol–water partition coefficient (Wildman–Crippen LogP) is 4.95. The van der Waals surface area contributed by atoms with E-state index >= 15 is 0 Å². The molecule has 0 aromatic heterocycles. The highest BCUT2D eigenvalue weighted by Crippen LogP contribution is 2.20. The summed E-state index contributed by atoms with van der Waals surface area (Å²) >= 11 is 5.92. The number of ether oxygens (including phenoxy) is 1. The van der Waals surface area contributed by atoms with Gasteiger partial charge < -0.3 is 15.0 Å². The van der Waals surface area contributed by atoms with E-state index in [-0.39, 0.29) is 18.3 Å². The first-order valence-electron chi connectivity index (χ1n) is 9.66. The van der Waals surface area contributed by atoms with Crippen LogP contribution >= 0.6 is 24.0 Å². The quantitative estimate of drug-likeness (QED) is 0.686. The SMILES string of the molecule is CCCN(C(=O)c1cccc(OCc2ccc(Cl)cc2)c1)C1CCNCC1.Cl. The van der Waals surface area contributed by atoms with Crippen LogP contribution in [0, 0.1) is 0 Å². The van der Waals surface area contributed by atoms with Crippen molar-refractivity contribution in [2.24, 2.45) is 0 Å². The van der Waals surface area contributed by atoms with Gasteiger partial charge in [0, 0.05) is 23.2 Å². The third-order valence-electron chi connectivity index (χ3n) is 4.87. The molecule has 1 heterocycles. The fourth-order valence-electron chi connectivity index (χ4n) is 3.44. The molecule has 0 saturated carbocycles. The van der Waals surface area contributed by atoms with Gasteiger partial charge in [-0.2, -0.15) is 0 Å². The standard InChI is InChI=1S/C22H27ClN2O2.ClH/c1-2-14-25(20-10-12-24-13-11-20)22(26)18-4-3-5-21(15-18)27-16-17-6-8-19(23)9-7-17;/h3-9,15,20,24H,2,10-14,16H2,1H3;1H. The van der Waals surface area contributed by atoms with E-state index in [0.29, 0.717) is 29.0 Å². The zero-order valence-electron chi connectivity index (χ0n) is 16.2. The maximum absolute atomic E-state index is 13.1. The van der Waals surface area contributed by atoms with Crippen LogP contribution in [0.15, 0.2) is 48.5 Å². The lowest BCUT2D eigenvalue weighted by Gasteiger charge is -2.34. The minimum atomic E-state index is 0. The highest BCUT2D eigenvalue weighted by atomic mass is 35.5. The van der Waals surface area contributed by atoms with Crippen molar-refractivity contribution in [2.45, 2.75) is 38.8 Å². The van der Waals surface area contributed by atoms with E-state index in [4.69, 9.17) is 16.3 Å². The Kier molecular flexibility index (Phi) is 9.10. The second-order valence-electron chi connectivity index (χ2n) is 6.92.